The van der Waals surface area contributed by atoms with Crippen LogP contribution in [-0.2, 0) is 4.79 Å². The van der Waals surface area contributed by atoms with Crippen LogP contribution in [0.2, 0.25) is 0 Å². The van der Waals surface area contributed by atoms with Crippen LogP contribution in [0, 0.1) is 11.8 Å². The Bertz CT molecular complexity index is 257. The summed E-state index contributed by atoms with van der Waals surface area (Å²) in [4.78, 5) is 11.9. The van der Waals surface area contributed by atoms with E-state index in [4.69, 9.17) is 11.6 Å². The SMILES string of the molecule is CCCCC1CCC(C(=O)NC/C=C/CCl)CC1. The fraction of sp³-hybridized carbons (Fsp3) is 0.800. The van der Waals surface area contributed by atoms with Gasteiger partial charge in [-0.15, -0.1) is 11.6 Å². The van der Waals surface area contributed by atoms with Gasteiger partial charge >= 0.3 is 0 Å². The van der Waals surface area contributed by atoms with Crippen molar-refractivity contribution in [3.8, 4) is 0 Å². The molecule has 1 saturated carbocycles. The predicted molar refractivity (Wildman–Crippen MR) is 77.8 cm³/mol. The zero-order valence-corrected chi connectivity index (χ0v) is 12.2. The molecule has 3 heteroatoms. The van der Waals surface area contributed by atoms with Crippen molar-refractivity contribution in [2.45, 2.75) is 51.9 Å². The summed E-state index contributed by atoms with van der Waals surface area (Å²) in [7, 11) is 0. The molecule has 0 aliphatic heterocycles. The molecule has 2 nitrogen and oxygen atoms in total. The van der Waals surface area contributed by atoms with E-state index in [1.165, 1.54) is 32.1 Å². The molecule has 0 aromatic heterocycles. The highest BCUT2D eigenvalue weighted by molar-refractivity contribution is 6.18. The highest BCUT2D eigenvalue weighted by atomic mass is 35.5. The topological polar surface area (TPSA) is 29.1 Å². The predicted octanol–water partition coefficient (Wildman–Crippen LogP) is 3.89. The Morgan fingerprint density at radius 1 is 1.28 bits per heavy atom. The van der Waals surface area contributed by atoms with E-state index in [1.807, 2.05) is 12.2 Å². The number of hydrogen-bond donors (Lipinski definition) is 1. The van der Waals surface area contributed by atoms with Crippen molar-refractivity contribution in [3.05, 3.63) is 12.2 Å². The maximum absolute atomic E-state index is 11.9. The Balaban J connectivity index is 2.17. The van der Waals surface area contributed by atoms with Gasteiger partial charge in [-0.05, 0) is 31.6 Å². The third-order valence-corrected chi connectivity index (χ3v) is 4.01. The van der Waals surface area contributed by atoms with Crippen molar-refractivity contribution in [1.29, 1.82) is 0 Å². The van der Waals surface area contributed by atoms with Crippen LogP contribution >= 0.6 is 11.6 Å². The van der Waals surface area contributed by atoms with Crippen LogP contribution in [0.5, 0.6) is 0 Å². The maximum Gasteiger partial charge on any atom is 0.223 e. The lowest BCUT2D eigenvalue weighted by atomic mass is 9.79. The maximum atomic E-state index is 11.9. The number of halogens is 1. The minimum atomic E-state index is 0.225. The molecule has 0 spiro atoms. The largest absolute Gasteiger partial charge is 0.352 e. The van der Waals surface area contributed by atoms with E-state index >= 15 is 0 Å². The molecule has 1 N–H and O–H groups in total. The summed E-state index contributed by atoms with van der Waals surface area (Å²) in [5.74, 6) is 1.85. The standard InChI is InChI=1S/C15H26ClNO/c1-2-3-6-13-7-9-14(10-8-13)15(18)17-12-5-4-11-16/h4-5,13-14H,2-3,6-12H2,1H3,(H,17,18)/b5-4+. The minimum Gasteiger partial charge on any atom is -0.352 e. The molecule has 0 aromatic carbocycles. The van der Waals surface area contributed by atoms with Crippen LogP contribution in [-0.4, -0.2) is 18.3 Å². The van der Waals surface area contributed by atoms with E-state index in [9.17, 15) is 4.79 Å². The van der Waals surface area contributed by atoms with Crippen LogP contribution in [0.3, 0.4) is 0 Å². The molecule has 0 unspecified atom stereocenters. The van der Waals surface area contributed by atoms with Gasteiger partial charge in [-0.2, -0.15) is 0 Å². The molecule has 1 fully saturated rings. The summed E-state index contributed by atoms with van der Waals surface area (Å²) in [6.45, 7) is 2.86. The number of unbranched alkanes of at least 4 members (excludes halogenated alkanes) is 1. The molecule has 0 saturated heterocycles. The van der Waals surface area contributed by atoms with Crippen LogP contribution in [0.1, 0.15) is 51.9 Å². The van der Waals surface area contributed by atoms with Crippen LogP contribution in [0.15, 0.2) is 12.2 Å². The summed E-state index contributed by atoms with van der Waals surface area (Å²) in [5, 5.41) is 2.96. The first-order valence-electron chi connectivity index (χ1n) is 7.26. The Morgan fingerprint density at radius 3 is 2.61 bits per heavy atom. The Morgan fingerprint density at radius 2 is 2.00 bits per heavy atom. The van der Waals surface area contributed by atoms with Crippen molar-refractivity contribution in [2.75, 3.05) is 12.4 Å². The zero-order valence-electron chi connectivity index (χ0n) is 11.5. The molecule has 1 aliphatic carbocycles. The summed E-state index contributed by atoms with van der Waals surface area (Å²) in [5.41, 5.74) is 0. The number of amides is 1. The van der Waals surface area contributed by atoms with Gasteiger partial charge in [0, 0.05) is 18.3 Å². The normalized spacial score (nSPS) is 24.3. The smallest absolute Gasteiger partial charge is 0.223 e. The molecule has 1 rings (SSSR count). The van der Waals surface area contributed by atoms with Gasteiger partial charge in [-0.3, -0.25) is 4.79 Å². The number of hydrogen-bond acceptors (Lipinski definition) is 1. The second kappa shape index (κ2) is 9.43. The Labute approximate surface area is 116 Å². The molecule has 0 heterocycles. The van der Waals surface area contributed by atoms with Gasteiger partial charge in [0.25, 0.3) is 0 Å². The van der Waals surface area contributed by atoms with Crippen LogP contribution in [0.4, 0.5) is 0 Å². The molecule has 1 aliphatic rings. The number of nitrogens with one attached hydrogen (secondary N) is 1. The number of rotatable bonds is 7. The average molecular weight is 272 g/mol. The second-order valence-corrected chi connectivity index (χ2v) is 5.54. The quantitative estimate of drug-likeness (QED) is 0.552. The molecular weight excluding hydrogens is 246 g/mol. The molecule has 0 bridgehead atoms. The van der Waals surface area contributed by atoms with E-state index in [0.717, 1.165) is 18.8 Å². The molecular formula is C15H26ClNO. The van der Waals surface area contributed by atoms with Gasteiger partial charge in [-0.1, -0.05) is 38.3 Å². The average Bonchev–Trinajstić information content (AvgIpc) is 2.41. The lowest BCUT2D eigenvalue weighted by molar-refractivity contribution is -0.126. The van der Waals surface area contributed by atoms with Gasteiger partial charge < -0.3 is 5.32 Å². The summed E-state index contributed by atoms with van der Waals surface area (Å²) in [6.07, 6.45) is 12.4. The second-order valence-electron chi connectivity index (χ2n) is 5.23. The van der Waals surface area contributed by atoms with Crippen molar-refractivity contribution in [1.82, 2.24) is 5.32 Å². The molecule has 0 aromatic rings. The Hall–Kier alpha value is -0.500. The highest BCUT2D eigenvalue weighted by Crippen LogP contribution is 2.31. The van der Waals surface area contributed by atoms with Gasteiger partial charge in [0.2, 0.25) is 5.91 Å². The van der Waals surface area contributed by atoms with E-state index in [1.54, 1.807) is 0 Å². The van der Waals surface area contributed by atoms with E-state index in [-0.39, 0.29) is 11.8 Å². The summed E-state index contributed by atoms with van der Waals surface area (Å²) in [6, 6.07) is 0. The lowest BCUT2D eigenvalue weighted by Crippen LogP contribution is -2.33. The van der Waals surface area contributed by atoms with Crippen molar-refractivity contribution in [2.24, 2.45) is 11.8 Å². The van der Waals surface area contributed by atoms with Crippen LogP contribution in [0.25, 0.3) is 0 Å². The van der Waals surface area contributed by atoms with Gasteiger partial charge in [-0.25, -0.2) is 0 Å². The van der Waals surface area contributed by atoms with Crippen molar-refractivity contribution < 1.29 is 4.79 Å². The first-order valence-corrected chi connectivity index (χ1v) is 7.80. The number of alkyl halides is 1. The Kier molecular flexibility index (Phi) is 8.15. The fourth-order valence-corrected chi connectivity index (χ4v) is 2.78. The van der Waals surface area contributed by atoms with Crippen molar-refractivity contribution >= 4 is 17.5 Å². The van der Waals surface area contributed by atoms with Crippen LogP contribution < -0.4 is 5.32 Å². The van der Waals surface area contributed by atoms with E-state index in [2.05, 4.69) is 12.2 Å². The van der Waals surface area contributed by atoms with E-state index in [0.29, 0.717) is 12.4 Å². The molecule has 1 amide bonds. The van der Waals surface area contributed by atoms with Gasteiger partial charge in [0.15, 0.2) is 0 Å². The molecule has 18 heavy (non-hydrogen) atoms. The molecule has 104 valence electrons. The number of allylic oxidation sites excluding steroid dienone is 1. The minimum absolute atomic E-state index is 0.225. The molecule has 0 radical (unpaired) electrons. The number of carbonyl (C=O) groups is 1. The fourth-order valence-electron chi connectivity index (χ4n) is 2.66. The number of carbonyl (C=O) groups excluding carboxylic acids is 1. The first kappa shape index (κ1) is 15.6. The third-order valence-electron chi connectivity index (χ3n) is 3.83. The first-order chi connectivity index (χ1) is 8.77. The lowest BCUT2D eigenvalue weighted by Gasteiger charge is -2.27. The molecule has 0 atom stereocenters. The third kappa shape index (κ3) is 5.90. The van der Waals surface area contributed by atoms with Gasteiger partial charge in [0.1, 0.15) is 0 Å². The van der Waals surface area contributed by atoms with E-state index < -0.39 is 0 Å². The summed E-state index contributed by atoms with van der Waals surface area (Å²) < 4.78 is 0. The highest BCUT2D eigenvalue weighted by Gasteiger charge is 2.25. The monoisotopic (exact) mass is 271 g/mol. The zero-order chi connectivity index (χ0) is 13.2. The van der Waals surface area contributed by atoms with Gasteiger partial charge in [0.05, 0.1) is 0 Å². The summed E-state index contributed by atoms with van der Waals surface area (Å²) >= 11 is 5.52. The van der Waals surface area contributed by atoms with Crippen molar-refractivity contribution in [3.63, 3.8) is 0 Å².